The molecule has 0 aromatic heterocycles. The summed E-state index contributed by atoms with van der Waals surface area (Å²) < 4.78 is 15.0. The number of hydrogen-bond donors (Lipinski definition) is 0. The van der Waals surface area contributed by atoms with E-state index < -0.39 is 5.97 Å². The zero-order valence-electron chi connectivity index (χ0n) is 9.04. The van der Waals surface area contributed by atoms with Gasteiger partial charge in [-0.15, -0.1) is 0 Å². The van der Waals surface area contributed by atoms with E-state index >= 15 is 0 Å². The largest absolute Gasteiger partial charge is 0.462 e. The lowest BCUT2D eigenvalue weighted by Gasteiger charge is -2.26. The van der Waals surface area contributed by atoms with Gasteiger partial charge in [-0.1, -0.05) is 13.5 Å². The van der Waals surface area contributed by atoms with Gasteiger partial charge in [-0.3, -0.25) is 0 Å². The SMILES string of the molecule is C=CC(=O)OCC(C)(COC)COC. The van der Waals surface area contributed by atoms with Gasteiger partial charge in [0.05, 0.1) is 13.2 Å². The van der Waals surface area contributed by atoms with Crippen LogP contribution in [0.5, 0.6) is 0 Å². The molecule has 0 amide bonds. The van der Waals surface area contributed by atoms with Crippen LogP contribution < -0.4 is 0 Å². The Hall–Kier alpha value is -0.870. The number of methoxy groups -OCH3 is 2. The predicted molar refractivity (Wildman–Crippen MR) is 53.0 cm³/mol. The van der Waals surface area contributed by atoms with E-state index in [1.807, 2.05) is 6.92 Å². The molecule has 0 aliphatic heterocycles. The van der Waals surface area contributed by atoms with Gasteiger partial charge in [-0.05, 0) is 0 Å². The number of ether oxygens (including phenoxy) is 3. The summed E-state index contributed by atoms with van der Waals surface area (Å²) >= 11 is 0. The summed E-state index contributed by atoms with van der Waals surface area (Å²) in [6, 6.07) is 0. The lowest BCUT2D eigenvalue weighted by Crippen LogP contribution is -2.34. The number of esters is 1. The molecule has 0 aliphatic rings. The lowest BCUT2D eigenvalue weighted by atomic mass is 9.94. The zero-order valence-corrected chi connectivity index (χ0v) is 9.04. The van der Waals surface area contributed by atoms with Crippen LogP contribution in [0.25, 0.3) is 0 Å². The number of hydrogen-bond acceptors (Lipinski definition) is 4. The van der Waals surface area contributed by atoms with Gasteiger partial charge >= 0.3 is 5.97 Å². The van der Waals surface area contributed by atoms with Crippen LogP contribution in [0.4, 0.5) is 0 Å². The summed E-state index contributed by atoms with van der Waals surface area (Å²) in [6.45, 7) is 6.46. The molecule has 0 saturated carbocycles. The second-order valence-electron chi connectivity index (χ2n) is 3.49. The van der Waals surface area contributed by atoms with Crippen LogP contribution >= 0.6 is 0 Å². The molecule has 0 saturated heterocycles. The molecule has 0 aromatic rings. The van der Waals surface area contributed by atoms with Crippen LogP contribution in [0.1, 0.15) is 6.92 Å². The number of carbonyl (C=O) groups excluding carboxylic acids is 1. The Kier molecular flexibility index (Phi) is 6.16. The van der Waals surface area contributed by atoms with E-state index in [-0.39, 0.29) is 12.0 Å². The molecule has 4 nitrogen and oxygen atoms in total. The molecule has 0 N–H and O–H groups in total. The van der Waals surface area contributed by atoms with Gasteiger partial charge in [-0.25, -0.2) is 4.79 Å². The van der Waals surface area contributed by atoms with Gasteiger partial charge in [-0.2, -0.15) is 0 Å². The summed E-state index contributed by atoms with van der Waals surface area (Å²) in [7, 11) is 3.20. The highest BCUT2D eigenvalue weighted by Gasteiger charge is 2.26. The van der Waals surface area contributed by atoms with Gasteiger partial charge in [0.1, 0.15) is 6.61 Å². The van der Waals surface area contributed by atoms with Gasteiger partial charge in [0.2, 0.25) is 0 Å². The topological polar surface area (TPSA) is 44.8 Å². The smallest absolute Gasteiger partial charge is 0.330 e. The zero-order chi connectivity index (χ0) is 11.0. The first-order valence-corrected chi connectivity index (χ1v) is 4.35. The lowest BCUT2D eigenvalue weighted by molar-refractivity contribution is -0.143. The van der Waals surface area contributed by atoms with E-state index in [0.29, 0.717) is 13.2 Å². The summed E-state index contributed by atoms with van der Waals surface area (Å²) in [5.41, 5.74) is -0.303. The molecule has 0 bridgehead atoms. The van der Waals surface area contributed by atoms with E-state index in [9.17, 15) is 4.79 Å². The fraction of sp³-hybridized carbons (Fsp3) is 0.700. The fourth-order valence-electron chi connectivity index (χ4n) is 1.13. The van der Waals surface area contributed by atoms with Crippen molar-refractivity contribution in [1.82, 2.24) is 0 Å². The second kappa shape index (κ2) is 6.56. The molecule has 14 heavy (non-hydrogen) atoms. The maximum atomic E-state index is 10.8. The first kappa shape index (κ1) is 13.1. The van der Waals surface area contributed by atoms with Crippen LogP contribution in [0.2, 0.25) is 0 Å². The maximum Gasteiger partial charge on any atom is 0.330 e. The molecule has 0 aliphatic carbocycles. The molecule has 82 valence electrons. The summed E-state index contributed by atoms with van der Waals surface area (Å²) in [4.78, 5) is 10.8. The molecule has 0 atom stereocenters. The highest BCUT2D eigenvalue weighted by molar-refractivity contribution is 5.81. The summed E-state index contributed by atoms with van der Waals surface area (Å²) in [6.07, 6.45) is 1.14. The third-order valence-corrected chi connectivity index (χ3v) is 1.72. The number of carbonyl (C=O) groups is 1. The summed E-state index contributed by atoms with van der Waals surface area (Å²) in [5.74, 6) is -0.427. The monoisotopic (exact) mass is 202 g/mol. The van der Waals surface area contributed by atoms with E-state index in [0.717, 1.165) is 6.08 Å². The van der Waals surface area contributed by atoms with Crippen molar-refractivity contribution in [3.05, 3.63) is 12.7 Å². The first-order chi connectivity index (χ1) is 6.58. The Bertz CT molecular complexity index is 183. The molecule has 0 rings (SSSR count). The quantitative estimate of drug-likeness (QED) is 0.456. The predicted octanol–water partition coefficient (Wildman–Crippen LogP) is 1.01. The molecule has 0 fully saturated rings. The number of rotatable bonds is 7. The average Bonchev–Trinajstić information content (AvgIpc) is 2.15. The Balaban J connectivity index is 4.07. The molecular weight excluding hydrogens is 184 g/mol. The Labute approximate surface area is 84.8 Å². The normalized spacial score (nSPS) is 11.1. The van der Waals surface area contributed by atoms with Crippen molar-refractivity contribution in [2.24, 2.45) is 5.41 Å². The van der Waals surface area contributed by atoms with Gasteiger partial charge in [0, 0.05) is 25.7 Å². The van der Waals surface area contributed by atoms with Crippen molar-refractivity contribution in [1.29, 1.82) is 0 Å². The Morgan fingerprint density at radius 3 is 2.14 bits per heavy atom. The molecule has 0 radical (unpaired) electrons. The Morgan fingerprint density at radius 1 is 1.29 bits per heavy atom. The van der Waals surface area contributed by atoms with Crippen molar-refractivity contribution < 1.29 is 19.0 Å². The third-order valence-electron chi connectivity index (χ3n) is 1.72. The van der Waals surface area contributed by atoms with Crippen LogP contribution in [0, 0.1) is 5.41 Å². The first-order valence-electron chi connectivity index (χ1n) is 4.35. The van der Waals surface area contributed by atoms with Crippen molar-refractivity contribution in [3.8, 4) is 0 Å². The van der Waals surface area contributed by atoms with E-state index in [2.05, 4.69) is 6.58 Å². The van der Waals surface area contributed by atoms with Crippen molar-refractivity contribution in [2.75, 3.05) is 34.0 Å². The molecule has 0 unspecified atom stereocenters. The second-order valence-corrected chi connectivity index (χ2v) is 3.49. The van der Waals surface area contributed by atoms with Gasteiger partial charge < -0.3 is 14.2 Å². The average molecular weight is 202 g/mol. The summed E-state index contributed by atoms with van der Waals surface area (Å²) in [5, 5.41) is 0. The van der Waals surface area contributed by atoms with Crippen LogP contribution in [-0.2, 0) is 19.0 Å². The minimum Gasteiger partial charge on any atom is -0.462 e. The fourth-order valence-corrected chi connectivity index (χ4v) is 1.13. The van der Waals surface area contributed by atoms with E-state index in [1.54, 1.807) is 14.2 Å². The third kappa shape index (κ3) is 4.99. The van der Waals surface area contributed by atoms with Crippen molar-refractivity contribution in [2.45, 2.75) is 6.92 Å². The molecule has 0 aromatic carbocycles. The van der Waals surface area contributed by atoms with E-state index in [4.69, 9.17) is 14.2 Å². The van der Waals surface area contributed by atoms with E-state index in [1.165, 1.54) is 0 Å². The maximum absolute atomic E-state index is 10.8. The molecule has 0 heterocycles. The minimum atomic E-state index is -0.427. The molecular formula is C10H18O4. The van der Waals surface area contributed by atoms with Gasteiger partial charge in [0.25, 0.3) is 0 Å². The van der Waals surface area contributed by atoms with Crippen molar-refractivity contribution >= 4 is 5.97 Å². The highest BCUT2D eigenvalue weighted by atomic mass is 16.5. The standard InChI is InChI=1S/C10H18O4/c1-5-9(11)14-8-10(2,6-12-3)7-13-4/h5H,1,6-8H2,2-4H3. The van der Waals surface area contributed by atoms with Crippen LogP contribution in [-0.4, -0.2) is 40.0 Å². The van der Waals surface area contributed by atoms with Crippen molar-refractivity contribution in [3.63, 3.8) is 0 Å². The van der Waals surface area contributed by atoms with Crippen LogP contribution in [0.3, 0.4) is 0 Å². The minimum absolute atomic E-state index is 0.263. The molecule has 4 heteroatoms. The highest BCUT2D eigenvalue weighted by Crippen LogP contribution is 2.17. The van der Waals surface area contributed by atoms with Crippen LogP contribution in [0.15, 0.2) is 12.7 Å². The molecule has 0 spiro atoms. The Morgan fingerprint density at radius 2 is 1.79 bits per heavy atom. The van der Waals surface area contributed by atoms with Gasteiger partial charge in [0.15, 0.2) is 0 Å².